The summed E-state index contributed by atoms with van der Waals surface area (Å²) >= 11 is 0. The molecule has 1 aliphatic carbocycles. The molecule has 4 N–H and O–H groups in total. The maximum atomic E-state index is 12.7. The van der Waals surface area contributed by atoms with Crippen molar-refractivity contribution in [2.24, 2.45) is 5.73 Å². The smallest absolute Gasteiger partial charge is 0.317 e. The highest BCUT2D eigenvalue weighted by Gasteiger charge is 2.21. The van der Waals surface area contributed by atoms with Gasteiger partial charge in [0.15, 0.2) is 5.82 Å². The van der Waals surface area contributed by atoms with Crippen LogP contribution in [0, 0.1) is 0 Å². The largest absolute Gasteiger partial charge is 0.335 e. The van der Waals surface area contributed by atoms with Gasteiger partial charge in [-0.1, -0.05) is 61.4 Å². The molecule has 0 unspecified atom stereocenters. The number of aromatic amines is 1. The van der Waals surface area contributed by atoms with Gasteiger partial charge in [0.25, 0.3) is 0 Å². The second-order valence-electron chi connectivity index (χ2n) is 7.63. The second kappa shape index (κ2) is 9.49. The van der Waals surface area contributed by atoms with Crippen molar-refractivity contribution < 1.29 is 4.79 Å². The van der Waals surface area contributed by atoms with Crippen LogP contribution >= 0.6 is 0 Å². The molecule has 156 valence electrons. The van der Waals surface area contributed by atoms with Crippen LogP contribution in [0.2, 0.25) is 0 Å². The summed E-state index contributed by atoms with van der Waals surface area (Å²) < 4.78 is 0. The molecule has 1 saturated carbocycles. The number of nitrogens with one attached hydrogen (secondary N) is 2. The molecule has 1 fully saturated rings. The van der Waals surface area contributed by atoms with Crippen LogP contribution in [-0.4, -0.2) is 50.7 Å². The van der Waals surface area contributed by atoms with Gasteiger partial charge in [0.05, 0.1) is 0 Å². The lowest BCUT2D eigenvalue weighted by Gasteiger charge is -2.25. The fourth-order valence-corrected chi connectivity index (χ4v) is 3.97. The highest BCUT2D eigenvalue weighted by atomic mass is 16.2. The summed E-state index contributed by atoms with van der Waals surface area (Å²) in [6.45, 7) is 1.50. The van der Waals surface area contributed by atoms with Gasteiger partial charge in [-0.2, -0.15) is 0 Å². The lowest BCUT2D eigenvalue weighted by atomic mass is 9.98. The molecule has 8 nitrogen and oxygen atoms in total. The zero-order valence-electron chi connectivity index (χ0n) is 16.9. The zero-order valence-corrected chi connectivity index (χ0v) is 16.9. The Bertz CT molecular complexity index is 950. The standard InChI is InChI=1S/C22H27N7O/c23-13-14-29(22(30)24-18-5-1-2-6-18)15-16-9-11-17(12-10-16)19-7-3-4-8-20(19)21-25-27-28-26-21/h3-4,7-12,18H,1-2,5-6,13-15,23H2,(H,24,30)(H,25,26,27,28). The Balaban J connectivity index is 1.48. The normalized spacial score (nSPS) is 14.0. The first-order valence-electron chi connectivity index (χ1n) is 10.4. The fraction of sp³-hybridized carbons (Fsp3) is 0.364. The lowest BCUT2D eigenvalue weighted by molar-refractivity contribution is 0.192. The molecule has 3 aromatic rings. The topological polar surface area (TPSA) is 113 Å². The van der Waals surface area contributed by atoms with E-state index in [1.807, 2.05) is 24.3 Å². The van der Waals surface area contributed by atoms with Crippen LogP contribution in [0.1, 0.15) is 31.2 Å². The number of carbonyl (C=O) groups is 1. The third kappa shape index (κ3) is 4.65. The number of amides is 2. The molecule has 0 bridgehead atoms. The van der Waals surface area contributed by atoms with Gasteiger partial charge >= 0.3 is 6.03 Å². The SMILES string of the molecule is NCCN(Cc1ccc(-c2ccccc2-c2nnn[nH]2)cc1)C(=O)NC1CCCC1. The molecule has 0 saturated heterocycles. The number of H-pyrrole nitrogens is 1. The van der Waals surface area contributed by atoms with Crippen molar-refractivity contribution in [1.82, 2.24) is 30.8 Å². The highest BCUT2D eigenvalue weighted by molar-refractivity contribution is 5.80. The van der Waals surface area contributed by atoms with E-state index in [9.17, 15) is 4.79 Å². The van der Waals surface area contributed by atoms with E-state index in [0.717, 1.165) is 35.1 Å². The van der Waals surface area contributed by atoms with E-state index in [0.29, 0.717) is 31.5 Å². The number of nitrogens with two attached hydrogens (primary N) is 1. The highest BCUT2D eigenvalue weighted by Crippen LogP contribution is 2.29. The maximum Gasteiger partial charge on any atom is 0.317 e. The summed E-state index contributed by atoms with van der Waals surface area (Å²) in [4.78, 5) is 14.5. The summed E-state index contributed by atoms with van der Waals surface area (Å²) in [6.07, 6.45) is 4.51. The first-order chi connectivity index (χ1) is 14.7. The van der Waals surface area contributed by atoms with E-state index >= 15 is 0 Å². The van der Waals surface area contributed by atoms with Gasteiger partial charge in [-0.05, 0) is 40.0 Å². The van der Waals surface area contributed by atoms with Crippen LogP contribution in [0.3, 0.4) is 0 Å². The van der Waals surface area contributed by atoms with Crippen LogP contribution in [0.5, 0.6) is 0 Å². The van der Waals surface area contributed by atoms with E-state index in [4.69, 9.17) is 5.73 Å². The van der Waals surface area contributed by atoms with Crippen molar-refractivity contribution in [2.75, 3.05) is 13.1 Å². The lowest BCUT2D eigenvalue weighted by Crippen LogP contribution is -2.45. The first kappa shape index (κ1) is 20.0. The molecule has 0 spiro atoms. The van der Waals surface area contributed by atoms with E-state index in [1.54, 1.807) is 4.90 Å². The molecule has 2 amide bonds. The van der Waals surface area contributed by atoms with E-state index in [-0.39, 0.29) is 6.03 Å². The monoisotopic (exact) mass is 405 g/mol. The third-order valence-corrected chi connectivity index (χ3v) is 5.53. The molecule has 4 rings (SSSR count). The van der Waals surface area contributed by atoms with E-state index < -0.39 is 0 Å². The van der Waals surface area contributed by atoms with Crippen LogP contribution in [0.15, 0.2) is 48.5 Å². The Kier molecular flexibility index (Phi) is 6.34. The Labute approximate surface area is 175 Å². The van der Waals surface area contributed by atoms with Crippen molar-refractivity contribution in [3.63, 3.8) is 0 Å². The maximum absolute atomic E-state index is 12.7. The molecular weight excluding hydrogens is 378 g/mol. The third-order valence-electron chi connectivity index (χ3n) is 5.53. The molecule has 1 aliphatic rings. The van der Waals surface area contributed by atoms with Crippen molar-refractivity contribution >= 4 is 6.03 Å². The van der Waals surface area contributed by atoms with Gasteiger partial charge < -0.3 is 16.0 Å². The number of tetrazole rings is 1. The van der Waals surface area contributed by atoms with Gasteiger partial charge in [0.2, 0.25) is 0 Å². The number of carbonyl (C=O) groups excluding carboxylic acids is 1. The molecule has 1 heterocycles. The molecular formula is C22H27N7O. The van der Waals surface area contributed by atoms with E-state index in [1.165, 1.54) is 12.8 Å². The van der Waals surface area contributed by atoms with Gasteiger partial charge in [-0.3, -0.25) is 0 Å². The first-order valence-corrected chi connectivity index (χ1v) is 10.4. The zero-order chi connectivity index (χ0) is 20.8. The minimum atomic E-state index is -0.0282. The fourth-order valence-electron chi connectivity index (χ4n) is 3.97. The molecule has 1 aromatic heterocycles. The van der Waals surface area contributed by atoms with E-state index in [2.05, 4.69) is 50.2 Å². The summed E-state index contributed by atoms with van der Waals surface area (Å²) in [5.74, 6) is 0.632. The molecule has 0 atom stereocenters. The molecule has 30 heavy (non-hydrogen) atoms. The number of rotatable bonds is 7. The van der Waals surface area contributed by atoms with Gasteiger partial charge in [0.1, 0.15) is 0 Å². The molecule has 2 aromatic carbocycles. The number of hydrogen-bond acceptors (Lipinski definition) is 5. The number of benzene rings is 2. The van der Waals surface area contributed by atoms with Crippen molar-refractivity contribution in [3.05, 3.63) is 54.1 Å². The van der Waals surface area contributed by atoms with Crippen molar-refractivity contribution in [2.45, 2.75) is 38.3 Å². The second-order valence-corrected chi connectivity index (χ2v) is 7.63. The van der Waals surface area contributed by atoms with Crippen molar-refractivity contribution in [1.29, 1.82) is 0 Å². The predicted molar refractivity (Wildman–Crippen MR) is 115 cm³/mol. The summed E-state index contributed by atoms with van der Waals surface area (Å²) in [6, 6.07) is 16.5. The van der Waals surface area contributed by atoms with Crippen LogP contribution < -0.4 is 11.1 Å². The predicted octanol–water partition coefficient (Wildman–Crippen LogP) is 2.95. The Hall–Kier alpha value is -3.26. The molecule has 8 heteroatoms. The minimum Gasteiger partial charge on any atom is -0.335 e. The van der Waals surface area contributed by atoms with Crippen molar-refractivity contribution in [3.8, 4) is 22.5 Å². The summed E-state index contributed by atoms with van der Waals surface area (Å²) in [5, 5.41) is 17.4. The number of hydrogen-bond donors (Lipinski definition) is 3. The summed E-state index contributed by atoms with van der Waals surface area (Å²) in [7, 11) is 0. The number of nitrogens with zero attached hydrogens (tertiary/aromatic N) is 4. The van der Waals surface area contributed by atoms with Gasteiger partial charge in [0, 0.05) is 31.2 Å². The minimum absolute atomic E-state index is 0.0282. The number of aromatic nitrogens is 4. The molecule has 0 radical (unpaired) electrons. The van der Waals surface area contributed by atoms with Crippen LogP contribution in [0.25, 0.3) is 22.5 Å². The van der Waals surface area contributed by atoms with Crippen LogP contribution in [-0.2, 0) is 6.54 Å². The average Bonchev–Trinajstić information content (AvgIpc) is 3.48. The Morgan fingerprint density at radius 2 is 1.83 bits per heavy atom. The average molecular weight is 406 g/mol. The quantitative estimate of drug-likeness (QED) is 0.559. The Morgan fingerprint density at radius 1 is 1.10 bits per heavy atom. The van der Waals surface area contributed by atoms with Gasteiger partial charge in [-0.15, -0.1) is 5.10 Å². The molecule has 0 aliphatic heterocycles. The van der Waals surface area contributed by atoms with Crippen LogP contribution in [0.4, 0.5) is 4.79 Å². The Morgan fingerprint density at radius 3 is 2.50 bits per heavy atom. The number of urea groups is 1. The van der Waals surface area contributed by atoms with Gasteiger partial charge in [-0.25, -0.2) is 9.89 Å². The summed E-state index contributed by atoms with van der Waals surface area (Å²) in [5.41, 5.74) is 9.86.